The second-order valence-corrected chi connectivity index (χ2v) is 3.58. The summed E-state index contributed by atoms with van der Waals surface area (Å²) in [6.07, 6.45) is 6.62. The zero-order chi connectivity index (χ0) is 14.1. The second-order valence-electron chi connectivity index (χ2n) is 3.58. The molecule has 0 atom stereocenters. The predicted octanol–water partition coefficient (Wildman–Crippen LogP) is 2.22. The van der Waals surface area contributed by atoms with E-state index in [1.807, 2.05) is 13.0 Å². The molecule has 5 heteroatoms. The molecule has 0 aromatic heterocycles. The van der Waals surface area contributed by atoms with Crippen LogP contribution in [0.3, 0.4) is 0 Å². The predicted molar refractivity (Wildman–Crippen MR) is 72.2 cm³/mol. The van der Waals surface area contributed by atoms with E-state index < -0.39 is 12.6 Å². The van der Waals surface area contributed by atoms with Gasteiger partial charge in [0.05, 0.1) is 0 Å². The fraction of sp³-hybridized carbons (Fsp3) is 0.143. The van der Waals surface area contributed by atoms with Gasteiger partial charge in [0.25, 0.3) is 0 Å². The lowest BCUT2D eigenvalue weighted by molar-refractivity contribution is -0.139. The number of nitrogens with one attached hydrogen (secondary N) is 1. The van der Waals surface area contributed by atoms with Crippen LogP contribution in [-0.4, -0.2) is 23.6 Å². The van der Waals surface area contributed by atoms with Crippen molar-refractivity contribution in [3.05, 3.63) is 48.6 Å². The molecule has 19 heavy (non-hydrogen) atoms. The number of hydrogen-bond donors (Lipinski definition) is 2. The van der Waals surface area contributed by atoms with Gasteiger partial charge in [-0.3, -0.25) is 4.79 Å². The van der Waals surface area contributed by atoms with Crippen LogP contribution in [0.4, 0.5) is 5.69 Å². The first-order valence-electron chi connectivity index (χ1n) is 5.67. The number of carbonyl (C=O) groups is 2. The topological polar surface area (TPSA) is 75.6 Å². The number of rotatable bonds is 6. The number of anilines is 1. The Bertz CT molecular complexity index is 489. The van der Waals surface area contributed by atoms with Gasteiger partial charge >= 0.3 is 5.97 Å². The summed E-state index contributed by atoms with van der Waals surface area (Å²) in [5, 5.41) is 11.1. The van der Waals surface area contributed by atoms with E-state index in [0.717, 1.165) is 0 Å². The average molecular weight is 261 g/mol. The Morgan fingerprint density at radius 1 is 1.26 bits per heavy atom. The maximum atomic E-state index is 11.4. The number of carboxylic acids is 1. The zero-order valence-corrected chi connectivity index (χ0v) is 10.5. The minimum atomic E-state index is -1.04. The van der Waals surface area contributed by atoms with Gasteiger partial charge < -0.3 is 15.2 Å². The summed E-state index contributed by atoms with van der Waals surface area (Å²) in [6, 6.07) is 6.46. The van der Waals surface area contributed by atoms with Crippen LogP contribution in [0.1, 0.15) is 6.92 Å². The molecular weight excluding hydrogens is 246 g/mol. The van der Waals surface area contributed by atoms with Crippen LogP contribution >= 0.6 is 0 Å². The number of carbonyl (C=O) groups excluding carboxylic acids is 1. The first kappa shape index (κ1) is 14.5. The maximum absolute atomic E-state index is 11.4. The van der Waals surface area contributed by atoms with Gasteiger partial charge in [0, 0.05) is 11.8 Å². The number of amides is 1. The summed E-state index contributed by atoms with van der Waals surface area (Å²) in [6.45, 7) is 1.47. The minimum absolute atomic E-state index is 0.239. The zero-order valence-electron chi connectivity index (χ0n) is 10.5. The fourth-order valence-electron chi connectivity index (χ4n) is 1.22. The number of hydrogen-bond acceptors (Lipinski definition) is 3. The minimum Gasteiger partial charge on any atom is -0.482 e. The molecule has 0 spiro atoms. The quantitative estimate of drug-likeness (QED) is 0.608. The van der Waals surface area contributed by atoms with Crippen LogP contribution in [0.15, 0.2) is 48.6 Å². The maximum Gasteiger partial charge on any atom is 0.341 e. The summed E-state index contributed by atoms with van der Waals surface area (Å²) in [4.78, 5) is 21.8. The SMILES string of the molecule is CC=CC=CC(=O)Nc1ccc(OCC(=O)O)cc1. The highest BCUT2D eigenvalue weighted by Crippen LogP contribution is 2.15. The number of aliphatic carboxylic acids is 1. The van der Waals surface area contributed by atoms with E-state index >= 15 is 0 Å². The smallest absolute Gasteiger partial charge is 0.341 e. The van der Waals surface area contributed by atoms with Crippen molar-refractivity contribution in [2.45, 2.75) is 6.92 Å². The standard InChI is InChI=1S/C14H15NO4/c1-2-3-4-5-13(16)15-11-6-8-12(9-7-11)19-10-14(17)18/h2-9H,10H2,1H3,(H,15,16)(H,17,18). The van der Waals surface area contributed by atoms with E-state index in [4.69, 9.17) is 9.84 Å². The molecule has 0 saturated heterocycles. The molecule has 0 aliphatic rings. The molecule has 0 saturated carbocycles. The van der Waals surface area contributed by atoms with Crippen LogP contribution in [0.25, 0.3) is 0 Å². The van der Waals surface area contributed by atoms with Gasteiger partial charge in [-0.05, 0) is 31.2 Å². The lowest BCUT2D eigenvalue weighted by Gasteiger charge is -2.05. The molecule has 1 aromatic carbocycles. The van der Waals surface area contributed by atoms with E-state index in [1.165, 1.54) is 6.08 Å². The van der Waals surface area contributed by atoms with Gasteiger partial charge in [-0.2, -0.15) is 0 Å². The van der Waals surface area contributed by atoms with Crippen LogP contribution in [0.2, 0.25) is 0 Å². The van der Waals surface area contributed by atoms with Crippen LogP contribution in [0, 0.1) is 0 Å². The molecule has 0 radical (unpaired) electrons. The molecule has 0 aliphatic heterocycles. The lowest BCUT2D eigenvalue weighted by Crippen LogP contribution is -2.10. The summed E-state index contributed by atoms with van der Waals surface area (Å²) in [5.74, 6) is -0.839. The van der Waals surface area contributed by atoms with Crippen molar-refractivity contribution in [3.8, 4) is 5.75 Å². The van der Waals surface area contributed by atoms with E-state index in [-0.39, 0.29) is 5.91 Å². The Morgan fingerprint density at radius 2 is 1.95 bits per heavy atom. The molecule has 2 N–H and O–H groups in total. The Labute approximate surface area is 111 Å². The van der Waals surface area contributed by atoms with E-state index in [0.29, 0.717) is 11.4 Å². The van der Waals surface area contributed by atoms with Crippen molar-refractivity contribution in [1.82, 2.24) is 0 Å². The van der Waals surface area contributed by atoms with Gasteiger partial charge in [-0.15, -0.1) is 0 Å². The molecule has 1 aromatic rings. The molecular formula is C14H15NO4. The molecule has 0 fully saturated rings. The van der Waals surface area contributed by atoms with Gasteiger partial charge in [0.1, 0.15) is 5.75 Å². The number of carboxylic acid groups (broad SMARTS) is 1. The van der Waals surface area contributed by atoms with E-state index in [9.17, 15) is 9.59 Å². The molecule has 1 rings (SSSR count). The Balaban J connectivity index is 2.52. The van der Waals surface area contributed by atoms with Gasteiger partial charge in [-0.1, -0.05) is 18.2 Å². The highest BCUT2D eigenvalue weighted by molar-refractivity contribution is 5.99. The third kappa shape index (κ3) is 6.07. The average Bonchev–Trinajstić information content (AvgIpc) is 2.38. The van der Waals surface area contributed by atoms with Crippen molar-refractivity contribution >= 4 is 17.6 Å². The van der Waals surface area contributed by atoms with Crippen molar-refractivity contribution in [2.24, 2.45) is 0 Å². The summed E-state index contributed by atoms with van der Waals surface area (Å²) in [5.41, 5.74) is 0.609. The Kier molecular flexibility index (Phi) is 5.88. The Hall–Kier alpha value is -2.56. The van der Waals surface area contributed by atoms with Crippen molar-refractivity contribution < 1.29 is 19.4 Å². The number of allylic oxidation sites excluding steroid dienone is 3. The summed E-state index contributed by atoms with van der Waals surface area (Å²) < 4.78 is 4.97. The fourth-order valence-corrected chi connectivity index (χ4v) is 1.22. The first-order chi connectivity index (χ1) is 9.11. The molecule has 0 aliphatic carbocycles. The Morgan fingerprint density at radius 3 is 2.53 bits per heavy atom. The van der Waals surface area contributed by atoms with Gasteiger partial charge in [0.15, 0.2) is 6.61 Å². The van der Waals surface area contributed by atoms with Crippen LogP contribution in [0.5, 0.6) is 5.75 Å². The van der Waals surface area contributed by atoms with Crippen LogP contribution in [-0.2, 0) is 9.59 Å². The van der Waals surface area contributed by atoms with Gasteiger partial charge in [-0.25, -0.2) is 4.79 Å². The molecule has 100 valence electrons. The highest BCUT2D eigenvalue weighted by Gasteiger charge is 2.00. The van der Waals surface area contributed by atoms with Crippen LogP contribution < -0.4 is 10.1 Å². The van der Waals surface area contributed by atoms with E-state index in [1.54, 1.807) is 36.4 Å². The monoisotopic (exact) mass is 261 g/mol. The second kappa shape index (κ2) is 7.71. The van der Waals surface area contributed by atoms with Gasteiger partial charge in [0.2, 0.25) is 5.91 Å². The molecule has 1 amide bonds. The summed E-state index contributed by atoms with van der Waals surface area (Å²) >= 11 is 0. The van der Waals surface area contributed by atoms with Crippen molar-refractivity contribution in [3.63, 3.8) is 0 Å². The molecule has 0 heterocycles. The highest BCUT2D eigenvalue weighted by atomic mass is 16.5. The third-order valence-corrected chi connectivity index (χ3v) is 2.04. The number of ether oxygens (including phenoxy) is 1. The third-order valence-electron chi connectivity index (χ3n) is 2.04. The summed E-state index contributed by atoms with van der Waals surface area (Å²) in [7, 11) is 0. The molecule has 5 nitrogen and oxygen atoms in total. The van der Waals surface area contributed by atoms with E-state index in [2.05, 4.69) is 5.32 Å². The van der Waals surface area contributed by atoms with Crippen molar-refractivity contribution in [1.29, 1.82) is 0 Å². The largest absolute Gasteiger partial charge is 0.482 e. The molecule has 0 bridgehead atoms. The normalized spacial score (nSPS) is 10.8. The lowest BCUT2D eigenvalue weighted by atomic mass is 10.3. The molecule has 0 unspecified atom stereocenters. The van der Waals surface area contributed by atoms with Crippen molar-refractivity contribution in [2.75, 3.05) is 11.9 Å². The first-order valence-corrected chi connectivity index (χ1v) is 5.67. The number of benzene rings is 1.